The largest absolute Gasteiger partial charge is 0.748 e. The minimum Gasteiger partial charge on any atom is -0.748 e. The highest BCUT2D eigenvalue weighted by molar-refractivity contribution is 7.85. The molecule has 0 saturated heterocycles. The maximum atomic E-state index is 9.84. The monoisotopic (exact) mass is 148 g/mol. The first-order chi connectivity index (χ1) is 4.06. The number of hydrogen-bond donors (Lipinski definition) is 0. The van der Waals surface area contributed by atoms with Crippen LogP contribution < -0.4 is 0 Å². The highest BCUT2D eigenvalue weighted by atomic mass is 32.2. The van der Waals surface area contributed by atoms with Crippen LogP contribution in [0.1, 0.15) is 12.8 Å². The Hall–Kier alpha value is -0.600. The average Bonchev–Trinajstić information content (AvgIpc) is 1.63. The molecule has 5 heteroatoms. The van der Waals surface area contributed by atoms with Crippen LogP contribution in [0.2, 0.25) is 0 Å². The molecule has 0 N–H and O–H groups in total. The van der Waals surface area contributed by atoms with E-state index in [0.29, 0.717) is 0 Å². The van der Waals surface area contributed by atoms with E-state index in [0.717, 1.165) is 0 Å². The molecule has 0 aliphatic heterocycles. The van der Waals surface area contributed by atoms with E-state index in [1.54, 1.807) is 6.07 Å². The first kappa shape index (κ1) is 8.40. The standard InChI is InChI=1S/C4H7NO3S/c5-3-1-2-4-9(6,7)8/h1-2,4H2,(H,6,7,8)/p-1. The minimum absolute atomic E-state index is 0.126. The summed E-state index contributed by atoms with van der Waals surface area (Å²) in [7, 11) is -4.10. The molecule has 52 valence electrons. The van der Waals surface area contributed by atoms with E-state index < -0.39 is 15.9 Å². The first-order valence-corrected chi connectivity index (χ1v) is 3.94. The molecule has 0 bridgehead atoms. The fraction of sp³-hybridized carbons (Fsp3) is 0.750. The number of hydrogen-bond acceptors (Lipinski definition) is 4. The molecule has 4 nitrogen and oxygen atoms in total. The summed E-state index contributed by atoms with van der Waals surface area (Å²) in [4.78, 5) is 0. The lowest BCUT2D eigenvalue weighted by Gasteiger charge is -2.02. The van der Waals surface area contributed by atoms with Gasteiger partial charge in [-0.3, -0.25) is 0 Å². The fourth-order valence-electron chi connectivity index (χ4n) is 0.328. The van der Waals surface area contributed by atoms with Gasteiger partial charge in [-0.05, 0) is 6.42 Å². The SMILES string of the molecule is N#CCCCS(=O)(=O)[O-]. The Balaban J connectivity index is 3.44. The first-order valence-electron chi connectivity index (χ1n) is 2.37. The van der Waals surface area contributed by atoms with Crippen molar-refractivity contribution < 1.29 is 13.0 Å². The lowest BCUT2D eigenvalue weighted by atomic mass is 10.4. The fourth-order valence-corrected chi connectivity index (χ4v) is 0.826. The normalized spacial score (nSPS) is 10.7. The Bertz CT molecular complexity index is 200. The van der Waals surface area contributed by atoms with Crippen molar-refractivity contribution in [2.75, 3.05) is 5.75 Å². The van der Waals surface area contributed by atoms with Crippen LogP contribution in [-0.4, -0.2) is 18.7 Å². The molecule has 0 atom stereocenters. The van der Waals surface area contributed by atoms with Crippen LogP contribution >= 0.6 is 0 Å². The molecule has 0 saturated carbocycles. The summed E-state index contributed by atoms with van der Waals surface area (Å²) in [5.41, 5.74) is 0. The minimum atomic E-state index is -4.10. The number of unbranched alkanes of at least 4 members (excludes halogenated alkanes) is 1. The summed E-state index contributed by atoms with van der Waals surface area (Å²) >= 11 is 0. The van der Waals surface area contributed by atoms with Gasteiger partial charge in [0.25, 0.3) is 0 Å². The number of nitriles is 1. The van der Waals surface area contributed by atoms with Gasteiger partial charge in [0.2, 0.25) is 0 Å². The molecule has 0 aromatic rings. The van der Waals surface area contributed by atoms with Gasteiger partial charge in [0.1, 0.15) is 0 Å². The second-order valence-corrected chi connectivity index (χ2v) is 3.05. The van der Waals surface area contributed by atoms with Crippen LogP contribution in [0.5, 0.6) is 0 Å². The quantitative estimate of drug-likeness (QED) is 0.411. The van der Waals surface area contributed by atoms with Gasteiger partial charge in [0.15, 0.2) is 0 Å². The highest BCUT2D eigenvalue weighted by Crippen LogP contribution is 1.90. The van der Waals surface area contributed by atoms with E-state index in [4.69, 9.17) is 5.26 Å². The lowest BCUT2D eigenvalue weighted by Crippen LogP contribution is -2.03. The Kier molecular flexibility index (Phi) is 3.20. The Labute approximate surface area is 53.9 Å². The van der Waals surface area contributed by atoms with E-state index in [-0.39, 0.29) is 12.8 Å². The van der Waals surface area contributed by atoms with Crippen LogP contribution in [0.25, 0.3) is 0 Å². The second-order valence-electron chi connectivity index (χ2n) is 1.52. The predicted molar refractivity (Wildman–Crippen MR) is 29.4 cm³/mol. The van der Waals surface area contributed by atoms with Gasteiger partial charge in [0, 0.05) is 12.2 Å². The number of rotatable bonds is 3. The van der Waals surface area contributed by atoms with Crippen LogP contribution in [0.4, 0.5) is 0 Å². The van der Waals surface area contributed by atoms with Gasteiger partial charge in [-0.2, -0.15) is 5.26 Å². The third-order valence-corrected chi connectivity index (χ3v) is 1.47. The van der Waals surface area contributed by atoms with E-state index in [2.05, 4.69) is 0 Å². The van der Waals surface area contributed by atoms with E-state index in [9.17, 15) is 13.0 Å². The van der Waals surface area contributed by atoms with Gasteiger partial charge in [0.05, 0.1) is 16.2 Å². The van der Waals surface area contributed by atoms with Gasteiger partial charge in [-0.1, -0.05) is 0 Å². The van der Waals surface area contributed by atoms with Crippen LogP contribution in [0.15, 0.2) is 0 Å². The summed E-state index contributed by atoms with van der Waals surface area (Å²) in [6.45, 7) is 0. The zero-order valence-corrected chi connectivity index (χ0v) is 5.52. The third kappa shape index (κ3) is 7.40. The summed E-state index contributed by atoms with van der Waals surface area (Å²) in [5.74, 6) is -0.430. The lowest BCUT2D eigenvalue weighted by molar-refractivity contribution is 0.461. The van der Waals surface area contributed by atoms with Crippen molar-refractivity contribution in [3.63, 3.8) is 0 Å². The second kappa shape index (κ2) is 3.43. The summed E-state index contributed by atoms with van der Waals surface area (Å²) in [5, 5.41) is 7.92. The smallest absolute Gasteiger partial charge is 0.0946 e. The van der Waals surface area contributed by atoms with Crippen molar-refractivity contribution >= 4 is 10.1 Å². The molecule has 0 unspecified atom stereocenters. The van der Waals surface area contributed by atoms with E-state index in [1.807, 2.05) is 0 Å². The maximum absolute atomic E-state index is 9.84. The van der Waals surface area contributed by atoms with Crippen molar-refractivity contribution in [3.05, 3.63) is 0 Å². The van der Waals surface area contributed by atoms with Crippen molar-refractivity contribution in [2.45, 2.75) is 12.8 Å². The Morgan fingerprint density at radius 3 is 2.44 bits per heavy atom. The molecule has 0 spiro atoms. The zero-order chi connectivity index (χ0) is 7.33. The van der Waals surface area contributed by atoms with Gasteiger partial charge in [-0.25, -0.2) is 8.42 Å². The zero-order valence-electron chi connectivity index (χ0n) is 4.70. The van der Waals surface area contributed by atoms with Crippen molar-refractivity contribution in [1.82, 2.24) is 0 Å². The Morgan fingerprint density at radius 2 is 2.11 bits per heavy atom. The molecule has 0 aliphatic rings. The van der Waals surface area contributed by atoms with Crippen LogP contribution in [-0.2, 0) is 10.1 Å². The van der Waals surface area contributed by atoms with Gasteiger partial charge in [-0.15, -0.1) is 0 Å². The molecule has 0 aromatic heterocycles. The van der Waals surface area contributed by atoms with Crippen LogP contribution in [0, 0.1) is 11.3 Å². The third-order valence-electron chi connectivity index (χ3n) is 0.683. The molecule has 0 fully saturated rings. The van der Waals surface area contributed by atoms with Crippen molar-refractivity contribution in [1.29, 1.82) is 5.26 Å². The molecule has 0 aromatic carbocycles. The topological polar surface area (TPSA) is 81.0 Å². The van der Waals surface area contributed by atoms with E-state index in [1.165, 1.54) is 0 Å². The van der Waals surface area contributed by atoms with Crippen molar-refractivity contribution in [2.24, 2.45) is 0 Å². The summed E-state index contributed by atoms with van der Waals surface area (Å²) < 4.78 is 29.5. The molecular formula is C4H6NO3S-. The molecule has 0 aliphatic carbocycles. The molecular weight excluding hydrogens is 142 g/mol. The molecule has 0 heterocycles. The van der Waals surface area contributed by atoms with Crippen LogP contribution in [0.3, 0.4) is 0 Å². The van der Waals surface area contributed by atoms with Gasteiger partial charge >= 0.3 is 0 Å². The molecule has 0 rings (SSSR count). The summed E-state index contributed by atoms with van der Waals surface area (Å²) in [6, 6.07) is 1.74. The average molecular weight is 148 g/mol. The van der Waals surface area contributed by atoms with E-state index >= 15 is 0 Å². The predicted octanol–water partition coefficient (Wildman–Crippen LogP) is -0.165. The molecule has 0 amide bonds. The molecule has 9 heavy (non-hydrogen) atoms. The van der Waals surface area contributed by atoms with Gasteiger partial charge < -0.3 is 4.55 Å². The molecule has 0 radical (unpaired) electrons. The van der Waals surface area contributed by atoms with Crippen molar-refractivity contribution in [3.8, 4) is 6.07 Å². The number of nitrogens with zero attached hydrogens (tertiary/aromatic N) is 1. The summed E-state index contributed by atoms with van der Waals surface area (Å²) in [6.07, 6.45) is 0.268. The maximum Gasteiger partial charge on any atom is 0.0946 e. The Morgan fingerprint density at radius 1 is 1.56 bits per heavy atom. The highest BCUT2D eigenvalue weighted by Gasteiger charge is 1.92.